The summed E-state index contributed by atoms with van der Waals surface area (Å²) in [5.74, 6) is -0.920. The van der Waals surface area contributed by atoms with E-state index in [1.165, 1.54) is 0 Å². The number of carboxylic acid groups (broad SMARTS) is 1. The quantitative estimate of drug-likeness (QED) is 0.454. The molecule has 0 radical (unpaired) electrons. The third-order valence-electron chi connectivity index (χ3n) is 4.20. The molecule has 2 aromatic carbocycles. The summed E-state index contributed by atoms with van der Waals surface area (Å²) in [7, 11) is 1.63. The predicted octanol–water partition coefficient (Wildman–Crippen LogP) is 5.90. The number of amides is 1. The summed E-state index contributed by atoms with van der Waals surface area (Å²) >= 11 is 0. The van der Waals surface area contributed by atoms with Crippen molar-refractivity contribution in [3.63, 3.8) is 0 Å². The molecule has 0 saturated carbocycles. The van der Waals surface area contributed by atoms with Crippen LogP contribution in [0.4, 0.5) is 0 Å². The summed E-state index contributed by atoms with van der Waals surface area (Å²) in [6.07, 6.45) is 7.54. The minimum absolute atomic E-state index is 0.0409. The zero-order valence-electron chi connectivity index (χ0n) is 18.8. The van der Waals surface area contributed by atoms with Gasteiger partial charge in [0.05, 0.1) is 0 Å². The molecule has 0 fully saturated rings. The Hall–Kier alpha value is -3.66. The van der Waals surface area contributed by atoms with E-state index in [4.69, 9.17) is 5.11 Å². The smallest absolute Gasteiger partial charge is 0.331 e. The first-order valence-electron chi connectivity index (χ1n) is 10.0. The Morgan fingerprint density at radius 3 is 1.45 bits per heavy atom. The Morgan fingerprint density at radius 2 is 1.10 bits per heavy atom. The molecule has 2 rings (SSSR count). The number of hydrogen-bond acceptors (Lipinski definition) is 2. The molecule has 0 bridgehead atoms. The lowest BCUT2D eigenvalue weighted by molar-refractivity contribution is -0.132. The SMILES string of the molecule is CC(=C\c1ccccc1)/C=C(\C)C(=O)O.CNC(=O)/C(C)=C/C(C)=C/c1ccccc1. The average molecular weight is 418 g/mol. The molecule has 2 aromatic rings. The lowest BCUT2D eigenvalue weighted by Crippen LogP contribution is -2.18. The molecule has 0 aliphatic carbocycles. The zero-order chi connectivity index (χ0) is 23.2. The first kappa shape index (κ1) is 25.4. The van der Waals surface area contributed by atoms with Gasteiger partial charge in [-0.1, -0.05) is 90.0 Å². The Balaban J connectivity index is 0.000000311. The summed E-state index contributed by atoms with van der Waals surface area (Å²) in [6.45, 7) is 7.27. The number of benzene rings is 2. The molecule has 4 heteroatoms. The number of carboxylic acids is 1. The number of nitrogens with one attached hydrogen (secondary N) is 1. The van der Waals surface area contributed by atoms with E-state index in [0.717, 1.165) is 22.3 Å². The van der Waals surface area contributed by atoms with Gasteiger partial charge in [-0.25, -0.2) is 4.79 Å². The fourth-order valence-corrected chi connectivity index (χ4v) is 2.72. The summed E-state index contributed by atoms with van der Waals surface area (Å²) < 4.78 is 0. The summed E-state index contributed by atoms with van der Waals surface area (Å²) in [5, 5.41) is 11.3. The van der Waals surface area contributed by atoms with E-state index in [2.05, 4.69) is 5.32 Å². The van der Waals surface area contributed by atoms with Gasteiger partial charge in [0.15, 0.2) is 0 Å². The third kappa shape index (κ3) is 10.6. The molecule has 0 saturated heterocycles. The first-order valence-corrected chi connectivity index (χ1v) is 10.0. The Morgan fingerprint density at radius 1 is 0.710 bits per heavy atom. The van der Waals surface area contributed by atoms with Crippen LogP contribution in [0.5, 0.6) is 0 Å². The van der Waals surface area contributed by atoms with Gasteiger partial charge in [-0.15, -0.1) is 0 Å². The highest BCUT2D eigenvalue weighted by atomic mass is 16.4. The van der Waals surface area contributed by atoms with E-state index in [1.54, 1.807) is 27.0 Å². The molecule has 0 aliphatic rings. The van der Waals surface area contributed by atoms with E-state index in [0.29, 0.717) is 11.1 Å². The second-order valence-corrected chi connectivity index (χ2v) is 7.14. The van der Waals surface area contributed by atoms with Crippen molar-refractivity contribution in [3.05, 3.63) is 106 Å². The van der Waals surface area contributed by atoms with Gasteiger partial charge in [0.2, 0.25) is 5.91 Å². The van der Waals surface area contributed by atoms with Gasteiger partial charge in [-0.2, -0.15) is 0 Å². The molecule has 0 aromatic heterocycles. The van der Waals surface area contributed by atoms with Crippen LogP contribution in [0.1, 0.15) is 38.8 Å². The van der Waals surface area contributed by atoms with Crippen molar-refractivity contribution in [2.45, 2.75) is 27.7 Å². The van der Waals surface area contributed by atoms with E-state index in [-0.39, 0.29) is 5.91 Å². The third-order valence-corrected chi connectivity index (χ3v) is 4.20. The number of likely N-dealkylation sites (N-methyl/N-ethyl adjacent to an activating group) is 1. The number of rotatable bonds is 6. The molecule has 0 atom stereocenters. The number of hydrogen-bond donors (Lipinski definition) is 2. The minimum Gasteiger partial charge on any atom is -0.478 e. The molecule has 1 amide bonds. The molecule has 162 valence electrons. The summed E-state index contributed by atoms with van der Waals surface area (Å²) in [5.41, 5.74) is 5.27. The Kier molecular flexibility index (Phi) is 11.1. The van der Waals surface area contributed by atoms with Crippen molar-refractivity contribution in [1.29, 1.82) is 0 Å². The monoisotopic (exact) mass is 417 g/mol. The average Bonchev–Trinajstić information content (AvgIpc) is 2.74. The Labute approximate surface area is 185 Å². The van der Waals surface area contributed by atoms with Gasteiger partial charge in [-0.05, 0) is 44.9 Å². The van der Waals surface area contributed by atoms with Crippen LogP contribution in [-0.4, -0.2) is 24.0 Å². The van der Waals surface area contributed by atoms with E-state index < -0.39 is 5.97 Å². The van der Waals surface area contributed by atoms with Crippen LogP contribution in [-0.2, 0) is 9.59 Å². The van der Waals surface area contributed by atoms with Crippen molar-refractivity contribution in [1.82, 2.24) is 5.32 Å². The van der Waals surface area contributed by atoms with Crippen LogP contribution in [0.3, 0.4) is 0 Å². The fraction of sp³-hybridized carbons (Fsp3) is 0.185. The van der Waals surface area contributed by atoms with Crippen LogP contribution < -0.4 is 5.32 Å². The number of aliphatic carboxylic acids is 1. The van der Waals surface area contributed by atoms with Gasteiger partial charge < -0.3 is 10.4 Å². The standard InChI is InChI=1S/C14H17NO.C13H14O2/c1-11(9-12(2)14(16)15-3)10-13-7-5-4-6-8-13;1-10(8-11(2)13(14)15)9-12-6-4-3-5-7-12/h4-10H,1-3H3,(H,15,16);3-9H,1-2H3,(H,14,15)/b11-10+,12-9+;10-9+,11-8+. The lowest BCUT2D eigenvalue weighted by atomic mass is 10.1. The van der Waals surface area contributed by atoms with E-state index >= 15 is 0 Å². The minimum atomic E-state index is -0.879. The number of allylic oxidation sites excluding steroid dienone is 4. The van der Waals surface area contributed by atoms with Crippen molar-refractivity contribution in [3.8, 4) is 0 Å². The largest absolute Gasteiger partial charge is 0.478 e. The second kappa shape index (κ2) is 13.5. The molecular weight excluding hydrogens is 386 g/mol. The second-order valence-electron chi connectivity index (χ2n) is 7.14. The van der Waals surface area contributed by atoms with Crippen LogP contribution in [0.25, 0.3) is 12.2 Å². The molecule has 2 N–H and O–H groups in total. The van der Waals surface area contributed by atoms with Crippen molar-refractivity contribution in [2.24, 2.45) is 0 Å². The maximum Gasteiger partial charge on any atom is 0.331 e. The normalized spacial score (nSPS) is 12.5. The van der Waals surface area contributed by atoms with Gasteiger partial charge in [-0.3, -0.25) is 4.79 Å². The molecule has 0 spiro atoms. The van der Waals surface area contributed by atoms with Crippen LogP contribution in [0.15, 0.2) is 95.1 Å². The molecule has 0 unspecified atom stereocenters. The van der Waals surface area contributed by atoms with Gasteiger partial charge in [0.1, 0.15) is 0 Å². The fourth-order valence-electron chi connectivity index (χ4n) is 2.72. The predicted molar refractivity (Wildman–Crippen MR) is 129 cm³/mol. The molecule has 0 aliphatic heterocycles. The van der Waals surface area contributed by atoms with Crippen molar-refractivity contribution in [2.75, 3.05) is 7.05 Å². The van der Waals surface area contributed by atoms with Crippen molar-refractivity contribution >= 4 is 24.0 Å². The maximum atomic E-state index is 11.3. The number of carbonyl (C=O) groups excluding carboxylic acids is 1. The van der Waals surface area contributed by atoms with Crippen LogP contribution >= 0.6 is 0 Å². The summed E-state index contributed by atoms with van der Waals surface area (Å²) in [6, 6.07) is 19.9. The highest BCUT2D eigenvalue weighted by molar-refractivity contribution is 5.93. The first-order chi connectivity index (χ1) is 14.7. The van der Waals surface area contributed by atoms with E-state index in [1.807, 2.05) is 92.7 Å². The number of carbonyl (C=O) groups is 2. The zero-order valence-corrected chi connectivity index (χ0v) is 18.8. The van der Waals surface area contributed by atoms with Gasteiger partial charge in [0.25, 0.3) is 0 Å². The molecule has 31 heavy (non-hydrogen) atoms. The summed E-state index contributed by atoms with van der Waals surface area (Å²) in [4.78, 5) is 21.9. The molecule has 4 nitrogen and oxygen atoms in total. The van der Waals surface area contributed by atoms with Gasteiger partial charge in [0, 0.05) is 18.2 Å². The Bertz CT molecular complexity index is 982. The maximum absolute atomic E-state index is 11.3. The highest BCUT2D eigenvalue weighted by Crippen LogP contribution is 2.10. The lowest BCUT2D eigenvalue weighted by Gasteiger charge is -2.00. The van der Waals surface area contributed by atoms with Gasteiger partial charge >= 0.3 is 5.97 Å². The topological polar surface area (TPSA) is 66.4 Å². The van der Waals surface area contributed by atoms with Crippen molar-refractivity contribution < 1.29 is 14.7 Å². The molecular formula is C27H31NO3. The van der Waals surface area contributed by atoms with E-state index in [9.17, 15) is 9.59 Å². The van der Waals surface area contributed by atoms with Crippen LogP contribution in [0, 0.1) is 0 Å². The highest BCUT2D eigenvalue weighted by Gasteiger charge is 2.00. The molecule has 0 heterocycles. The van der Waals surface area contributed by atoms with Crippen LogP contribution in [0.2, 0.25) is 0 Å².